The van der Waals surface area contributed by atoms with Gasteiger partial charge in [-0.05, 0) is 51.4 Å². The molecule has 5 nitrogen and oxygen atoms in total. The Morgan fingerprint density at radius 3 is 2.79 bits per heavy atom. The molecule has 0 bridgehead atoms. The van der Waals surface area contributed by atoms with Crippen LogP contribution in [0.4, 0.5) is 0 Å². The van der Waals surface area contributed by atoms with E-state index in [1.165, 1.54) is 25.9 Å². The average Bonchev–Trinajstić information content (AvgIpc) is 3.20. The Morgan fingerprint density at radius 2 is 2.04 bits per heavy atom. The second-order valence-corrected chi connectivity index (χ2v) is 7.27. The van der Waals surface area contributed by atoms with Crippen molar-refractivity contribution in [1.29, 1.82) is 0 Å². The molecule has 0 unspecified atom stereocenters. The molecule has 1 amide bonds. The van der Waals surface area contributed by atoms with Gasteiger partial charge in [0.25, 0.3) is 0 Å². The molecule has 1 N–H and O–H groups in total. The van der Waals surface area contributed by atoms with Crippen LogP contribution in [0.15, 0.2) is 24.3 Å². The minimum absolute atomic E-state index is 0.299. The number of hydrogen-bond donors (Lipinski definition) is 1. The van der Waals surface area contributed by atoms with Crippen molar-refractivity contribution in [2.75, 3.05) is 26.2 Å². The third-order valence-electron chi connectivity index (χ3n) is 5.57. The number of para-hydroxylation sites is 2. The Hall–Kier alpha value is -1.88. The van der Waals surface area contributed by atoms with Gasteiger partial charge in [-0.3, -0.25) is 4.79 Å². The van der Waals surface area contributed by atoms with Gasteiger partial charge >= 0.3 is 0 Å². The molecule has 2 aliphatic heterocycles. The van der Waals surface area contributed by atoms with E-state index in [0.29, 0.717) is 24.3 Å². The zero-order valence-corrected chi connectivity index (χ0v) is 14.4. The van der Waals surface area contributed by atoms with E-state index >= 15 is 0 Å². The van der Waals surface area contributed by atoms with E-state index < -0.39 is 0 Å². The van der Waals surface area contributed by atoms with Crippen LogP contribution in [0.3, 0.4) is 0 Å². The van der Waals surface area contributed by atoms with Crippen molar-refractivity contribution in [1.82, 2.24) is 19.8 Å². The molecule has 2 aromatic rings. The van der Waals surface area contributed by atoms with Gasteiger partial charge < -0.3 is 14.8 Å². The molecular formula is C19H26N4O. The molecule has 0 aliphatic carbocycles. The number of benzene rings is 1. The van der Waals surface area contributed by atoms with E-state index in [1.54, 1.807) is 0 Å². The normalized spacial score (nSPS) is 20.5. The summed E-state index contributed by atoms with van der Waals surface area (Å²) in [5.41, 5.74) is 2.09. The van der Waals surface area contributed by atoms with Crippen LogP contribution in [-0.4, -0.2) is 57.9 Å². The quantitative estimate of drug-likeness (QED) is 0.919. The summed E-state index contributed by atoms with van der Waals surface area (Å²) >= 11 is 0. The van der Waals surface area contributed by atoms with Crippen LogP contribution >= 0.6 is 0 Å². The van der Waals surface area contributed by atoms with E-state index in [2.05, 4.69) is 21.8 Å². The average molecular weight is 326 g/mol. The number of hydrogen-bond acceptors (Lipinski definition) is 3. The first-order valence-corrected chi connectivity index (χ1v) is 9.17. The fourth-order valence-corrected chi connectivity index (χ4v) is 3.88. The summed E-state index contributed by atoms with van der Waals surface area (Å²) in [6.07, 6.45) is 4.27. The van der Waals surface area contributed by atoms with Crippen molar-refractivity contribution in [2.24, 2.45) is 0 Å². The second kappa shape index (κ2) is 6.55. The molecular weight excluding hydrogens is 300 g/mol. The number of imidazole rings is 1. The lowest BCUT2D eigenvalue weighted by Gasteiger charge is -2.38. The van der Waals surface area contributed by atoms with Crippen LogP contribution in [0.1, 0.15) is 44.3 Å². The smallest absolute Gasteiger partial charge is 0.222 e. The summed E-state index contributed by atoms with van der Waals surface area (Å²) in [7, 11) is 0. The first kappa shape index (κ1) is 15.6. The van der Waals surface area contributed by atoms with E-state index in [4.69, 9.17) is 0 Å². The zero-order valence-electron chi connectivity index (χ0n) is 14.4. The van der Waals surface area contributed by atoms with Gasteiger partial charge in [0.2, 0.25) is 5.91 Å². The predicted octanol–water partition coefficient (Wildman–Crippen LogP) is 2.75. The van der Waals surface area contributed by atoms with Gasteiger partial charge in [-0.1, -0.05) is 12.1 Å². The number of likely N-dealkylation sites (tertiary alicyclic amines) is 2. The Morgan fingerprint density at radius 1 is 1.29 bits per heavy atom. The highest BCUT2D eigenvalue weighted by Crippen LogP contribution is 2.27. The van der Waals surface area contributed by atoms with Gasteiger partial charge in [0.05, 0.1) is 17.0 Å². The molecule has 0 saturated carbocycles. The fourth-order valence-electron chi connectivity index (χ4n) is 3.88. The molecule has 2 saturated heterocycles. The Bertz CT molecular complexity index is 680. The SMILES string of the molecule is C[C@@H](CCC(=O)N1CC(c2nc3ccccc3[nH]2)C1)N1CCCC1. The summed E-state index contributed by atoms with van der Waals surface area (Å²) < 4.78 is 0. The van der Waals surface area contributed by atoms with Gasteiger partial charge in [0, 0.05) is 25.6 Å². The standard InChI is InChI=1S/C19H26N4O/c1-14(22-10-4-5-11-22)8-9-18(24)23-12-15(13-23)19-20-16-6-2-3-7-17(16)21-19/h2-3,6-7,14-15H,4-5,8-13H2,1H3,(H,20,21)/t14-/m0/s1. The number of amides is 1. The highest BCUT2D eigenvalue weighted by Gasteiger charge is 2.33. The van der Waals surface area contributed by atoms with Crippen LogP contribution in [-0.2, 0) is 4.79 Å². The van der Waals surface area contributed by atoms with E-state index in [1.807, 2.05) is 29.2 Å². The highest BCUT2D eigenvalue weighted by atomic mass is 16.2. The molecule has 2 aliphatic rings. The number of carbonyl (C=O) groups excluding carboxylic acids is 1. The van der Waals surface area contributed by atoms with Gasteiger partial charge in [-0.2, -0.15) is 0 Å². The number of nitrogens with zero attached hydrogens (tertiary/aromatic N) is 3. The van der Waals surface area contributed by atoms with Crippen molar-refractivity contribution >= 4 is 16.9 Å². The predicted molar refractivity (Wildman–Crippen MR) is 94.9 cm³/mol. The number of aromatic nitrogens is 2. The number of carbonyl (C=O) groups is 1. The summed E-state index contributed by atoms with van der Waals surface area (Å²) in [5.74, 6) is 1.68. The molecule has 1 aromatic heterocycles. The molecule has 1 aromatic carbocycles. The fraction of sp³-hybridized carbons (Fsp3) is 0.579. The summed E-state index contributed by atoms with van der Waals surface area (Å²) in [5, 5.41) is 0. The lowest BCUT2D eigenvalue weighted by Crippen LogP contribution is -2.49. The maximum Gasteiger partial charge on any atom is 0.222 e. The third-order valence-corrected chi connectivity index (χ3v) is 5.57. The summed E-state index contributed by atoms with van der Waals surface area (Å²) in [6, 6.07) is 8.63. The number of H-pyrrole nitrogens is 1. The second-order valence-electron chi connectivity index (χ2n) is 7.27. The molecule has 5 heteroatoms. The molecule has 2 fully saturated rings. The molecule has 4 rings (SSSR count). The van der Waals surface area contributed by atoms with Crippen molar-refractivity contribution in [3.63, 3.8) is 0 Å². The van der Waals surface area contributed by atoms with E-state index in [-0.39, 0.29) is 0 Å². The zero-order chi connectivity index (χ0) is 16.5. The Kier molecular flexibility index (Phi) is 4.27. The molecule has 1 atom stereocenters. The highest BCUT2D eigenvalue weighted by molar-refractivity contribution is 5.78. The Balaban J connectivity index is 1.26. The number of rotatable bonds is 5. The molecule has 0 radical (unpaired) electrons. The molecule has 0 spiro atoms. The molecule has 24 heavy (non-hydrogen) atoms. The van der Waals surface area contributed by atoms with Gasteiger partial charge in [0.15, 0.2) is 0 Å². The maximum atomic E-state index is 12.4. The largest absolute Gasteiger partial charge is 0.342 e. The van der Waals surface area contributed by atoms with E-state index in [9.17, 15) is 4.79 Å². The summed E-state index contributed by atoms with van der Waals surface area (Å²) in [4.78, 5) is 24.9. The Labute approximate surface area is 143 Å². The van der Waals surface area contributed by atoms with Crippen LogP contribution in [0, 0.1) is 0 Å². The van der Waals surface area contributed by atoms with Crippen LogP contribution < -0.4 is 0 Å². The molecule has 3 heterocycles. The minimum atomic E-state index is 0.299. The van der Waals surface area contributed by atoms with Crippen LogP contribution in [0.25, 0.3) is 11.0 Å². The first-order chi connectivity index (χ1) is 11.7. The topological polar surface area (TPSA) is 52.2 Å². The first-order valence-electron chi connectivity index (χ1n) is 9.17. The van der Waals surface area contributed by atoms with Crippen LogP contribution in [0.5, 0.6) is 0 Å². The van der Waals surface area contributed by atoms with Crippen molar-refractivity contribution in [3.8, 4) is 0 Å². The van der Waals surface area contributed by atoms with Gasteiger partial charge in [0.1, 0.15) is 5.82 Å². The summed E-state index contributed by atoms with van der Waals surface area (Å²) in [6.45, 7) is 6.26. The van der Waals surface area contributed by atoms with Gasteiger partial charge in [-0.15, -0.1) is 0 Å². The van der Waals surface area contributed by atoms with E-state index in [0.717, 1.165) is 36.4 Å². The number of fused-ring (bicyclic) bond motifs is 1. The number of aromatic amines is 1. The lowest BCUT2D eigenvalue weighted by atomic mass is 9.98. The lowest BCUT2D eigenvalue weighted by molar-refractivity contribution is -0.136. The van der Waals surface area contributed by atoms with Crippen LogP contribution in [0.2, 0.25) is 0 Å². The van der Waals surface area contributed by atoms with Crippen molar-refractivity contribution in [2.45, 2.75) is 44.6 Å². The van der Waals surface area contributed by atoms with Gasteiger partial charge in [-0.25, -0.2) is 4.98 Å². The maximum absolute atomic E-state index is 12.4. The molecule has 128 valence electrons. The third kappa shape index (κ3) is 3.05. The van der Waals surface area contributed by atoms with Crippen molar-refractivity contribution in [3.05, 3.63) is 30.1 Å². The van der Waals surface area contributed by atoms with Crippen molar-refractivity contribution < 1.29 is 4.79 Å². The number of nitrogens with one attached hydrogen (secondary N) is 1. The monoisotopic (exact) mass is 326 g/mol. The minimum Gasteiger partial charge on any atom is -0.342 e.